The van der Waals surface area contributed by atoms with Gasteiger partial charge in [-0.25, -0.2) is 0 Å². The molecule has 3 heteroatoms. The van der Waals surface area contributed by atoms with E-state index in [-0.39, 0.29) is 6.61 Å². The van der Waals surface area contributed by atoms with Gasteiger partial charge in [0, 0.05) is 25.3 Å². The molecule has 1 aromatic carbocycles. The summed E-state index contributed by atoms with van der Waals surface area (Å²) in [4.78, 5) is 0. The topological polar surface area (TPSA) is 45.4 Å². The van der Waals surface area contributed by atoms with Crippen molar-refractivity contribution in [3.05, 3.63) is 54.0 Å². The molecule has 0 aliphatic carbocycles. The van der Waals surface area contributed by atoms with Gasteiger partial charge in [-0.3, -0.25) is 0 Å². The third-order valence-corrected chi connectivity index (χ3v) is 2.64. The number of rotatable bonds is 6. The molecule has 1 heterocycles. The van der Waals surface area contributed by atoms with Crippen LogP contribution in [0.15, 0.2) is 47.1 Å². The summed E-state index contributed by atoms with van der Waals surface area (Å²) in [7, 11) is 0. The van der Waals surface area contributed by atoms with E-state index in [2.05, 4.69) is 5.32 Å². The number of nitrogens with one attached hydrogen (secondary N) is 1. The minimum Gasteiger partial charge on any atom is -0.469 e. The van der Waals surface area contributed by atoms with E-state index in [1.807, 2.05) is 36.4 Å². The minimum atomic E-state index is 0.200. The quantitative estimate of drug-likeness (QED) is 0.802. The largest absolute Gasteiger partial charge is 0.469 e. The Morgan fingerprint density at radius 1 is 1.06 bits per heavy atom. The molecule has 2 aromatic rings. The average Bonchev–Trinajstić information content (AvgIpc) is 2.85. The van der Waals surface area contributed by atoms with E-state index in [1.165, 1.54) is 0 Å². The van der Waals surface area contributed by atoms with Crippen LogP contribution in [0.2, 0.25) is 0 Å². The molecule has 0 unspecified atom stereocenters. The Morgan fingerprint density at radius 2 is 1.88 bits per heavy atom. The Kier molecular flexibility index (Phi) is 4.22. The first-order valence-corrected chi connectivity index (χ1v) is 5.84. The van der Waals surface area contributed by atoms with Gasteiger partial charge in [0.25, 0.3) is 0 Å². The molecule has 0 spiro atoms. The zero-order chi connectivity index (χ0) is 11.9. The van der Waals surface area contributed by atoms with Crippen LogP contribution in [0.5, 0.6) is 0 Å². The first-order valence-electron chi connectivity index (χ1n) is 5.84. The van der Waals surface area contributed by atoms with Crippen molar-refractivity contribution in [2.24, 2.45) is 0 Å². The van der Waals surface area contributed by atoms with Crippen molar-refractivity contribution < 1.29 is 9.52 Å². The highest BCUT2D eigenvalue weighted by atomic mass is 16.3. The molecule has 0 bridgehead atoms. The second-order valence-electron chi connectivity index (χ2n) is 3.93. The fourth-order valence-corrected chi connectivity index (χ4v) is 1.70. The number of hydrogen-bond acceptors (Lipinski definition) is 3. The smallest absolute Gasteiger partial charge is 0.105 e. The number of benzene rings is 1. The monoisotopic (exact) mass is 231 g/mol. The Bertz CT molecular complexity index is 420. The van der Waals surface area contributed by atoms with E-state index in [9.17, 15) is 0 Å². The molecule has 2 rings (SSSR count). The van der Waals surface area contributed by atoms with Crippen LogP contribution in [0.1, 0.15) is 11.3 Å². The maximum Gasteiger partial charge on any atom is 0.105 e. The lowest BCUT2D eigenvalue weighted by Crippen LogP contribution is -2.04. The minimum absolute atomic E-state index is 0.200. The molecule has 0 amide bonds. The van der Waals surface area contributed by atoms with Crippen molar-refractivity contribution in [3.63, 3.8) is 0 Å². The molecule has 3 nitrogen and oxygen atoms in total. The molecule has 0 radical (unpaired) electrons. The van der Waals surface area contributed by atoms with Gasteiger partial charge in [-0.05, 0) is 36.2 Å². The third kappa shape index (κ3) is 3.64. The number of aliphatic hydroxyl groups excluding tert-OH is 1. The van der Waals surface area contributed by atoms with E-state index in [1.54, 1.807) is 6.26 Å². The number of hydrogen-bond donors (Lipinski definition) is 2. The van der Waals surface area contributed by atoms with Crippen LogP contribution in [-0.2, 0) is 12.8 Å². The van der Waals surface area contributed by atoms with Crippen molar-refractivity contribution in [3.8, 4) is 0 Å². The van der Waals surface area contributed by atoms with Crippen LogP contribution in [0.3, 0.4) is 0 Å². The third-order valence-electron chi connectivity index (χ3n) is 2.64. The maximum absolute atomic E-state index is 8.81. The highest BCUT2D eigenvalue weighted by molar-refractivity contribution is 5.44. The summed E-state index contributed by atoms with van der Waals surface area (Å²) >= 11 is 0. The Morgan fingerprint density at radius 3 is 2.53 bits per heavy atom. The molecule has 0 saturated carbocycles. The summed E-state index contributed by atoms with van der Waals surface area (Å²) in [6.07, 6.45) is 3.29. The molecule has 1 aromatic heterocycles. The lowest BCUT2D eigenvalue weighted by Gasteiger charge is -2.06. The highest BCUT2D eigenvalue weighted by Gasteiger charge is 1.96. The van der Waals surface area contributed by atoms with Gasteiger partial charge in [0.15, 0.2) is 0 Å². The average molecular weight is 231 g/mol. The lowest BCUT2D eigenvalue weighted by molar-refractivity contribution is 0.299. The summed E-state index contributed by atoms with van der Waals surface area (Å²) in [5, 5.41) is 12.1. The molecule has 0 atom stereocenters. The van der Waals surface area contributed by atoms with Crippen molar-refractivity contribution in [1.29, 1.82) is 0 Å². The van der Waals surface area contributed by atoms with Crippen molar-refractivity contribution in [1.82, 2.24) is 0 Å². The van der Waals surface area contributed by atoms with Crippen molar-refractivity contribution in [2.75, 3.05) is 18.5 Å². The van der Waals surface area contributed by atoms with Crippen LogP contribution >= 0.6 is 0 Å². The fourth-order valence-electron chi connectivity index (χ4n) is 1.70. The second-order valence-corrected chi connectivity index (χ2v) is 3.93. The normalized spacial score (nSPS) is 10.4. The van der Waals surface area contributed by atoms with Crippen LogP contribution in [0, 0.1) is 0 Å². The molecule has 2 N–H and O–H groups in total. The highest BCUT2D eigenvalue weighted by Crippen LogP contribution is 2.10. The van der Waals surface area contributed by atoms with Gasteiger partial charge in [-0.1, -0.05) is 12.1 Å². The van der Waals surface area contributed by atoms with E-state index in [0.29, 0.717) is 6.42 Å². The van der Waals surface area contributed by atoms with E-state index >= 15 is 0 Å². The first-order chi connectivity index (χ1) is 8.38. The van der Waals surface area contributed by atoms with E-state index < -0.39 is 0 Å². The molecular weight excluding hydrogens is 214 g/mol. The molecule has 0 aliphatic rings. The Balaban J connectivity index is 1.79. The standard InChI is InChI=1S/C14H17NO2/c16-10-8-12-3-5-13(6-4-12)15-9-7-14-2-1-11-17-14/h1-6,11,15-16H,7-10H2. The summed E-state index contributed by atoms with van der Waals surface area (Å²) < 4.78 is 5.25. The number of furan rings is 1. The zero-order valence-electron chi connectivity index (χ0n) is 9.73. The van der Waals surface area contributed by atoms with Gasteiger partial charge in [0.2, 0.25) is 0 Å². The van der Waals surface area contributed by atoms with Gasteiger partial charge in [0.1, 0.15) is 5.76 Å². The van der Waals surface area contributed by atoms with Crippen LogP contribution in [0.4, 0.5) is 5.69 Å². The molecule has 0 saturated heterocycles. The van der Waals surface area contributed by atoms with Gasteiger partial charge >= 0.3 is 0 Å². The Hall–Kier alpha value is -1.74. The fraction of sp³-hybridized carbons (Fsp3) is 0.286. The zero-order valence-corrected chi connectivity index (χ0v) is 9.73. The van der Waals surface area contributed by atoms with Crippen LogP contribution < -0.4 is 5.32 Å². The number of anilines is 1. The van der Waals surface area contributed by atoms with Crippen molar-refractivity contribution in [2.45, 2.75) is 12.8 Å². The van der Waals surface area contributed by atoms with E-state index in [0.717, 1.165) is 30.0 Å². The summed E-state index contributed by atoms with van der Waals surface area (Å²) in [6, 6.07) is 12.0. The summed E-state index contributed by atoms with van der Waals surface area (Å²) in [5.74, 6) is 0.995. The van der Waals surface area contributed by atoms with Gasteiger partial charge in [-0.15, -0.1) is 0 Å². The molecule has 0 aliphatic heterocycles. The predicted octanol–water partition coefficient (Wildman–Crippen LogP) is 2.47. The molecular formula is C14H17NO2. The van der Waals surface area contributed by atoms with Gasteiger partial charge < -0.3 is 14.8 Å². The predicted molar refractivity (Wildman–Crippen MR) is 68.1 cm³/mol. The molecule has 0 fully saturated rings. The van der Waals surface area contributed by atoms with Crippen molar-refractivity contribution >= 4 is 5.69 Å². The van der Waals surface area contributed by atoms with Crippen LogP contribution in [-0.4, -0.2) is 18.3 Å². The lowest BCUT2D eigenvalue weighted by atomic mass is 10.1. The van der Waals surface area contributed by atoms with Gasteiger partial charge in [-0.2, -0.15) is 0 Å². The van der Waals surface area contributed by atoms with Crippen LogP contribution in [0.25, 0.3) is 0 Å². The van der Waals surface area contributed by atoms with E-state index in [4.69, 9.17) is 9.52 Å². The number of aliphatic hydroxyl groups is 1. The molecule has 90 valence electrons. The summed E-state index contributed by atoms with van der Waals surface area (Å²) in [5.41, 5.74) is 2.25. The second kappa shape index (κ2) is 6.11. The summed E-state index contributed by atoms with van der Waals surface area (Å²) in [6.45, 7) is 1.05. The first kappa shape index (κ1) is 11.7. The molecule has 17 heavy (non-hydrogen) atoms. The maximum atomic E-state index is 8.81. The van der Waals surface area contributed by atoms with Gasteiger partial charge in [0.05, 0.1) is 6.26 Å². The SMILES string of the molecule is OCCc1ccc(NCCc2ccco2)cc1. The Labute approximate surface area is 101 Å².